The van der Waals surface area contributed by atoms with E-state index in [-0.39, 0.29) is 11.8 Å². The number of carbonyl (C=O) groups excluding carboxylic acids is 2. The summed E-state index contributed by atoms with van der Waals surface area (Å²) < 4.78 is 3.70. The van der Waals surface area contributed by atoms with Crippen LogP contribution in [0.4, 0.5) is 0 Å². The molecule has 5 rings (SSSR count). The highest BCUT2D eigenvalue weighted by atomic mass is 16.2. The van der Waals surface area contributed by atoms with Crippen LogP contribution in [-0.4, -0.2) is 67.4 Å². The van der Waals surface area contributed by atoms with E-state index in [1.165, 1.54) is 0 Å². The van der Waals surface area contributed by atoms with Crippen molar-refractivity contribution in [2.24, 2.45) is 0 Å². The summed E-state index contributed by atoms with van der Waals surface area (Å²) in [5.41, 5.74) is 3.15. The summed E-state index contributed by atoms with van der Waals surface area (Å²) in [5.74, 6) is -0.0572. The Bertz CT molecular complexity index is 1040. The highest BCUT2D eigenvalue weighted by Crippen LogP contribution is 2.18. The molecule has 4 heterocycles. The molecule has 154 valence electrons. The summed E-state index contributed by atoms with van der Waals surface area (Å²) in [6, 6.07) is 11.2. The first kappa shape index (κ1) is 18.6. The van der Waals surface area contributed by atoms with E-state index in [1.54, 1.807) is 15.8 Å². The zero-order valence-corrected chi connectivity index (χ0v) is 16.8. The van der Waals surface area contributed by atoms with Crippen LogP contribution in [-0.2, 0) is 13.0 Å². The molecule has 2 aliphatic rings. The summed E-state index contributed by atoms with van der Waals surface area (Å²) >= 11 is 0. The maximum absolute atomic E-state index is 13.0. The number of aromatic nitrogens is 4. The lowest BCUT2D eigenvalue weighted by molar-refractivity contribution is 0.0532. The molecular formula is C22H24N6O2. The predicted molar refractivity (Wildman–Crippen MR) is 111 cm³/mol. The number of piperazine rings is 1. The van der Waals surface area contributed by atoms with Crippen molar-refractivity contribution < 1.29 is 9.59 Å². The average Bonchev–Trinajstić information content (AvgIpc) is 3.48. The fourth-order valence-corrected chi connectivity index (χ4v) is 4.18. The van der Waals surface area contributed by atoms with E-state index in [0.717, 1.165) is 37.2 Å². The first-order chi connectivity index (χ1) is 14.7. The SMILES string of the molecule is O=C(c1cccc(-n2cccn2)c1)N1CCN(C(=O)c2cc3n(n2)CCCC3)CC1. The van der Waals surface area contributed by atoms with Crippen molar-refractivity contribution >= 4 is 11.8 Å². The van der Waals surface area contributed by atoms with E-state index in [2.05, 4.69) is 10.2 Å². The Balaban J connectivity index is 1.23. The summed E-state index contributed by atoms with van der Waals surface area (Å²) in [4.78, 5) is 29.5. The molecule has 1 saturated heterocycles. The van der Waals surface area contributed by atoms with Gasteiger partial charge in [0.25, 0.3) is 11.8 Å². The molecule has 1 fully saturated rings. The zero-order chi connectivity index (χ0) is 20.5. The molecule has 8 heteroatoms. The first-order valence-electron chi connectivity index (χ1n) is 10.4. The lowest BCUT2D eigenvalue weighted by atomic mass is 10.1. The topological polar surface area (TPSA) is 76.3 Å². The smallest absolute Gasteiger partial charge is 0.274 e. The van der Waals surface area contributed by atoms with Crippen molar-refractivity contribution in [3.8, 4) is 5.69 Å². The van der Waals surface area contributed by atoms with E-state index in [9.17, 15) is 9.59 Å². The fraction of sp³-hybridized carbons (Fsp3) is 0.364. The van der Waals surface area contributed by atoms with Gasteiger partial charge in [-0.2, -0.15) is 10.2 Å². The summed E-state index contributed by atoms with van der Waals surface area (Å²) in [5, 5.41) is 8.72. The summed E-state index contributed by atoms with van der Waals surface area (Å²) in [6.45, 7) is 2.97. The van der Waals surface area contributed by atoms with Gasteiger partial charge in [0.15, 0.2) is 5.69 Å². The van der Waals surface area contributed by atoms with Gasteiger partial charge in [-0.1, -0.05) is 6.07 Å². The van der Waals surface area contributed by atoms with Gasteiger partial charge in [-0.15, -0.1) is 0 Å². The number of amides is 2. The molecule has 2 amide bonds. The minimum atomic E-state index is -0.0373. The quantitative estimate of drug-likeness (QED) is 0.669. The van der Waals surface area contributed by atoms with Crippen LogP contribution in [0.1, 0.15) is 39.4 Å². The first-order valence-corrected chi connectivity index (χ1v) is 10.4. The number of benzene rings is 1. The number of hydrogen-bond acceptors (Lipinski definition) is 4. The lowest BCUT2D eigenvalue weighted by Gasteiger charge is -2.34. The molecule has 2 aliphatic heterocycles. The number of nitrogens with zero attached hydrogens (tertiary/aromatic N) is 6. The van der Waals surface area contributed by atoms with Crippen LogP contribution >= 0.6 is 0 Å². The van der Waals surface area contributed by atoms with E-state index in [1.807, 2.05) is 52.2 Å². The predicted octanol–water partition coefficient (Wildman–Crippen LogP) is 2.00. The highest BCUT2D eigenvalue weighted by molar-refractivity contribution is 5.95. The molecule has 3 aromatic rings. The van der Waals surface area contributed by atoms with Gasteiger partial charge in [-0.05, 0) is 49.6 Å². The van der Waals surface area contributed by atoms with Crippen molar-refractivity contribution in [1.29, 1.82) is 0 Å². The van der Waals surface area contributed by atoms with Crippen LogP contribution in [0.15, 0.2) is 48.8 Å². The van der Waals surface area contributed by atoms with Crippen molar-refractivity contribution in [2.45, 2.75) is 25.8 Å². The van der Waals surface area contributed by atoms with Gasteiger partial charge in [0.1, 0.15) is 0 Å². The second kappa shape index (κ2) is 7.78. The fourth-order valence-electron chi connectivity index (χ4n) is 4.18. The molecule has 0 N–H and O–H groups in total. The van der Waals surface area contributed by atoms with Gasteiger partial charge in [0.2, 0.25) is 0 Å². The molecule has 0 aliphatic carbocycles. The maximum atomic E-state index is 13.0. The molecule has 8 nitrogen and oxygen atoms in total. The van der Waals surface area contributed by atoms with Crippen LogP contribution in [0.25, 0.3) is 5.69 Å². The van der Waals surface area contributed by atoms with Crippen LogP contribution in [0, 0.1) is 0 Å². The second-order valence-corrected chi connectivity index (χ2v) is 7.79. The molecule has 2 aromatic heterocycles. The Kier molecular flexibility index (Phi) is 4.82. The van der Waals surface area contributed by atoms with E-state index >= 15 is 0 Å². The van der Waals surface area contributed by atoms with Crippen LogP contribution in [0.3, 0.4) is 0 Å². The van der Waals surface area contributed by atoms with Gasteiger partial charge >= 0.3 is 0 Å². The number of aryl methyl sites for hydroxylation is 2. The monoisotopic (exact) mass is 404 g/mol. The minimum absolute atomic E-state index is 0.0199. The molecule has 1 aromatic carbocycles. The summed E-state index contributed by atoms with van der Waals surface area (Å²) in [7, 11) is 0. The zero-order valence-electron chi connectivity index (χ0n) is 16.8. The van der Waals surface area contributed by atoms with Crippen molar-refractivity contribution in [3.05, 3.63) is 65.7 Å². The molecule has 0 spiro atoms. The van der Waals surface area contributed by atoms with Crippen LogP contribution in [0.2, 0.25) is 0 Å². The molecular weight excluding hydrogens is 380 g/mol. The van der Waals surface area contributed by atoms with Gasteiger partial charge in [-0.3, -0.25) is 14.3 Å². The van der Waals surface area contributed by atoms with Gasteiger partial charge in [0.05, 0.1) is 5.69 Å². The normalized spacial score (nSPS) is 16.4. The number of hydrogen-bond donors (Lipinski definition) is 0. The summed E-state index contributed by atoms with van der Waals surface area (Å²) in [6.07, 6.45) is 6.81. The standard InChI is InChI=1S/C22H24N6O2/c29-21(17-5-3-7-18(15-17)27-10-4-8-23-27)25-11-13-26(14-12-25)22(30)20-16-19-6-1-2-9-28(19)24-20/h3-5,7-8,10,15-16H,1-2,6,9,11-14H2. The van der Waals surface area contributed by atoms with Crippen molar-refractivity contribution in [1.82, 2.24) is 29.4 Å². The van der Waals surface area contributed by atoms with Crippen molar-refractivity contribution in [2.75, 3.05) is 26.2 Å². The average molecular weight is 404 g/mol. The molecule has 0 atom stereocenters. The van der Waals surface area contributed by atoms with Gasteiger partial charge in [0, 0.05) is 56.4 Å². The number of carbonyl (C=O) groups is 2. The van der Waals surface area contributed by atoms with Gasteiger partial charge < -0.3 is 9.80 Å². The van der Waals surface area contributed by atoms with E-state index in [4.69, 9.17) is 0 Å². The van der Waals surface area contributed by atoms with Gasteiger partial charge in [-0.25, -0.2) is 4.68 Å². The Morgan fingerprint density at radius 1 is 0.867 bits per heavy atom. The third-order valence-corrected chi connectivity index (χ3v) is 5.85. The lowest BCUT2D eigenvalue weighted by Crippen LogP contribution is -2.50. The third-order valence-electron chi connectivity index (χ3n) is 5.85. The molecule has 30 heavy (non-hydrogen) atoms. The highest BCUT2D eigenvalue weighted by Gasteiger charge is 2.27. The van der Waals surface area contributed by atoms with Crippen LogP contribution in [0.5, 0.6) is 0 Å². The molecule has 0 saturated carbocycles. The molecule has 0 bridgehead atoms. The van der Waals surface area contributed by atoms with Crippen LogP contribution < -0.4 is 0 Å². The number of fused-ring (bicyclic) bond motifs is 1. The maximum Gasteiger partial charge on any atom is 0.274 e. The van der Waals surface area contributed by atoms with E-state index in [0.29, 0.717) is 37.4 Å². The number of rotatable bonds is 3. The third kappa shape index (κ3) is 3.49. The largest absolute Gasteiger partial charge is 0.335 e. The van der Waals surface area contributed by atoms with E-state index < -0.39 is 0 Å². The Hall–Kier alpha value is -3.42. The van der Waals surface area contributed by atoms with Crippen molar-refractivity contribution in [3.63, 3.8) is 0 Å². The minimum Gasteiger partial charge on any atom is -0.335 e. The Morgan fingerprint density at radius 2 is 1.67 bits per heavy atom. The Labute approximate surface area is 174 Å². The molecule has 0 unspecified atom stereocenters. The molecule has 0 radical (unpaired) electrons. The second-order valence-electron chi connectivity index (χ2n) is 7.79. The Morgan fingerprint density at radius 3 is 2.40 bits per heavy atom.